The van der Waals surface area contributed by atoms with Gasteiger partial charge in [0, 0.05) is 13.7 Å². The van der Waals surface area contributed by atoms with Gasteiger partial charge in [-0.2, -0.15) is 4.98 Å². The van der Waals surface area contributed by atoms with Crippen molar-refractivity contribution in [1.82, 2.24) is 19.1 Å². The molecule has 2 aromatic rings. The molecule has 2 heterocycles. The number of nitrogens with one attached hydrogen (secondary N) is 1. The fourth-order valence-corrected chi connectivity index (χ4v) is 1.98. The third-order valence-electron chi connectivity index (χ3n) is 2.67. The summed E-state index contributed by atoms with van der Waals surface area (Å²) in [7, 11) is 1.54. The molecule has 0 bridgehead atoms. The van der Waals surface area contributed by atoms with Crippen LogP contribution in [0.15, 0.2) is 9.59 Å². The summed E-state index contributed by atoms with van der Waals surface area (Å²) in [6, 6.07) is 0. The maximum absolute atomic E-state index is 12.1. The first-order valence-corrected chi connectivity index (χ1v) is 5.85. The quantitative estimate of drug-likeness (QED) is 0.807. The molecule has 0 aromatic carbocycles. The lowest BCUT2D eigenvalue weighted by molar-refractivity contribution is 0.186. The number of aromatic nitrogens is 4. The topological polar surface area (TPSA) is 81.9 Å². The molecule has 0 saturated carbocycles. The second-order valence-corrected chi connectivity index (χ2v) is 4.06. The van der Waals surface area contributed by atoms with Gasteiger partial charge in [0.15, 0.2) is 11.2 Å². The summed E-state index contributed by atoms with van der Waals surface area (Å²) in [4.78, 5) is 30.8. The predicted molar refractivity (Wildman–Crippen MR) is 67.2 cm³/mol. The summed E-state index contributed by atoms with van der Waals surface area (Å²) in [5.41, 5.74) is -0.324. The molecule has 0 aliphatic heterocycles. The fraction of sp³-hybridized carbons (Fsp3) is 0.500. The summed E-state index contributed by atoms with van der Waals surface area (Å²) < 4.78 is 7.45. The Morgan fingerprint density at radius 1 is 1.39 bits per heavy atom. The molecule has 7 nitrogen and oxygen atoms in total. The summed E-state index contributed by atoms with van der Waals surface area (Å²) in [5, 5.41) is 0.0847. The Balaban J connectivity index is 2.81. The highest BCUT2D eigenvalue weighted by Gasteiger charge is 2.15. The number of nitrogens with zero attached hydrogens (tertiary/aromatic N) is 3. The Morgan fingerprint density at radius 2 is 2.11 bits per heavy atom. The normalized spacial score (nSPS) is 11.3. The number of aromatic amines is 1. The van der Waals surface area contributed by atoms with Crippen LogP contribution in [0.5, 0.6) is 0 Å². The first-order chi connectivity index (χ1) is 8.60. The van der Waals surface area contributed by atoms with Crippen LogP contribution < -0.4 is 11.2 Å². The molecule has 0 aliphatic rings. The van der Waals surface area contributed by atoms with Crippen LogP contribution in [0.3, 0.4) is 0 Å². The maximum atomic E-state index is 12.1. The van der Waals surface area contributed by atoms with Crippen molar-refractivity contribution in [1.29, 1.82) is 0 Å². The minimum absolute atomic E-state index is 0.0847. The van der Waals surface area contributed by atoms with Gasteiger partial charge in [-0.1, -0.05) is 0 Å². The van der Waals surface area contributed by atoms with Gasteiger partial charge in [-0.15, -0.1) is 0 Å². The van der Waals surface area contributed by atoms with Gasteiger partial charge in [-0.25, -0.2) is 4.79 Å². The second kappa shape index (κ2) is 4.95. The van der Waals surface area contributed by atoms with Crippen molar-refractivity contribution < 1.29 is 4.74 Å². The van der Waals surface area contributed by atoms with Crippen molar-refractivity contribution in [2.45, 2.75) is 20.0 Å². The van der Waals surface area contributed by atoms with Crippen LogP contribution in [-0.2, 0) is 17.8 Å². The van der Waals surface area contributed by atoms with Gasteiger partial charge < -0.3 is 9.72 Å². The van der Waals surface area contributed by atoms with E-state index < -0.39 is 11.2 Å². The highest BCUT2D eigenvalue weighted by Crippen LogP contribution is 2.09. The van der Waals surface area contributed by atoms with Crippen LogP contribution in [0, 0.1) is 0 Å². The number of halogens is 1. The van der Waals surface area contributed by atoms with E-state index in [1.54, 1.807) is 6.92 Å². The summed E-state index contributed by atoms with van der Waals surface area (Å²) in [6.07, 6.45) is 0. The Kier molecular flexibility index (Phi) is 3.53. The molecule has 98 valence electrons. The highest BCUT2D eigenvalue weighted by atomic mass is 35.5. The third-order valence-corrected chi connectivity index (χ3v) is 2.85. The van der Waals surface area contributed by atoms with Crippen molar-refractivity contribution in [3.63, 3.8) is 0 Å². The van der Waals surface area contributed by atoms with Crippen LogP contribution >= 0.6 is 11.6 Å². The van der Waals surface area contributed by atoms with E-state index in [9.17, 15) is 9.59 Å². The van der Waals surface area contributed by atoms with Crippen molar-refractivity contribution in [3.05, 3.63) is 26.1 Å². The van der Waals surface area contributed by atoms with E-state index in [1.807, 2.05) is 0 Å². The van der Waals surface area contributed by atoms with Crippen molar-refractivity contribution in [2.75, 3.05) is 13.7 Å². The number of hydrogen-bond donors (Lipinski definition) is 1. The zero-order chi connectivity index (χ0) is 13.3. The Bertz CT molecular complexity index is 685. The molecule has 0 atom stereocenters. The third kappa shape index (κ3) is 1.95. The molecule has 0 spiro atoms. The molecule has 18 heavy (non-hydrogen) atoms. The molecule has 8 heteroatoms. The number of methoxy groups -OCH3 is 1. The average molecular weight is 273 g/mol. The van der Waals surface area contributed by atoms with E-state index in [-0.39, 0.29) is 23.0 Å². The predicted octanol–water partition coefficient (Wildman–Crippen LogP) is 0.206. The minimum atomic E-state index is -0.412. The van der Waals surface area contributed by atoms with Crippen molar-refractivity contribution >= 4 is 22.8 Å². The molecule has 0 aliphatic carbocycles. The first-order valence-electron chi connectivity index (χ1n) is 5.48. The van der Waals surface area contributed by atoms with E-state index in [0.29, 0.717) is 13.2 Å². The molecular formula is C10H13ClN4O3. The number of H-pyrrole nitrogens is 1. The minimum Gasteiger partial charge on any atom is -0.383 e. The number of imidazole rings is 1. The van der Waals surface area contributed by atoms with Gasteiger partial charge in [0.2, 0.25) is 5.28 Å². The number of rotatable bonds is 4. The lowest BCUT2D eigenvalue weighted by Gasteiger charge is -2.08. The standard InChI is InChI=1S/C10H13ClN4O3/c1-3-14-8(16)6-7(13-9(11)12-6)15(10(14)17)4-5-18-2/h3-5H2,1-2H3,(H,12,13). The lowest BCUT2D eigenvalue weighted by Crippen LogP contribution is -2.40. The Hall–Kier alpha value is -1.60. The van der Waals surface area contributed by atoms with E-state index in [4.69, 9.17) is 16.3 Å². The average Bonchev–Trinajstić information content (AvgIpc) is 2.72. The fourth-order valence-electron chi connectivity index (χ4n) is 1.80. The van der Waals surface area contributed by atoms with Gasteiger partial charge in [-0.3, -0.25) is 13.9 Å². The molecule has 0 fully saturated rings. The van der Waals surface area contributed by atoms with Crippen LogP contribution in [0.4, 0.5) is 0 Å². The first kappa shape index (κ1) is 12.8. The molecule has 0 unspecified atom stereocenters. The van der Waals surface area contributed by atoms with Crippen LogP contribution in [0.2, 0.25) is 5.28 Å². The molecule has 1 N–H and O–H groups in total. The SMILES string of the molecule is CCn1c(=O)c2[nH]c(Cl)nc2n(CCOC)c1=O. The summed E-state index contributed by atoms with van der Waals surface area (Å²) in [6.45, 7) is 2.68. The van der Waals surface area contributed by atoms with Crippen molar-refractivity contribution in [2.24, 2.45) is 0 Å². The van der Waals surface area contributed by atoms with Crippen molar-refractivity contribution in [3.8, 4) is 0 Å². The number of hydrogen-bond acceptors (Lipinski definition) is 4. The van der Waals surface area contributed by atoms with E-state index in [0.717, 1.165) is 4.57 Å². The van der Waals surface area contributed by atoms with Crippen LogP contribution in [0.25, 0.3) is 11.2 Å². The van der Waals surface area contributed by atoms with Gasteiger partial charge in [0.25, 0.3) is 5.56 Å². The molecular weight excluding hydrogens is 260 g/mol. The van der Waals surface area contributed by atoms with Gasteiger partial charge >= 0.3 is 5.69 Å². The maximum Gasteiger partial charge on any atom is 0.332 e. The number of fused-ring (bicyclic) bond motifs is 1. The van der Waals surface area contributed by atoms with E-state index >= 15 is 0 Å². The van der Waals surface area contributed by atoms with Crippen LogP contribution in [-0.4, -0.2) is 32.8 Å². The van der Waals surface area contributed by atoms with Gasteiger partial charge in [0.1, 0.15) is 0 Å². The smallest absolute Gasteiger partial charge is 0.332 e. The molecule has 2 aromatic heterocycles. The monoisotopic (exact) mass is 272 g/mol. The second-order valence-electron chi connectivity index (χ2n) is 3.70. The zero-order valence-corrected chi connectivity index (χ0v) is 10.8. The highest BCUT2D eigenvalue weighted by molar-refractivity contribution is 6.28. The summed E-state index contributed by atoms with van der Waals surface area (Å²) in [5.74, 6) is 0. The molecule has 0 saturated heterocycles. The molecule has 0 amide bonds. The van der Waals surface area contributed by atoms with Crippen LogP contribution in [0.1, 0.15) is 6.92 Å². The van der Waals surface area contributed by atoms with E-state index in [1.165, 1.54) is 11.7 Å². The lowest BCUT2D eigenvalue weighted by atomic mass is 10.5. The Labute approximate surface area is 107 Å². The molecule has 0 radical (unpaired) electrons. The Morgan fingerprint density at radius 3 is 2.72 bits per heavy atom. The van der Waals surface area contributed by atoms with Gasteiger partial charge in [0.05, 0.1) is 13.2 Å². The zero-order valence-electron chi connectivity index (χ0n) is 10.1. The number of ether oxygens (including phenoxy) is 1. The largest absolute Gasteiger partial charge is 0.383 e. The molecule has 2 rings (SSSR count). The summed E-state index contributed by atoms with van der Waals surface area (Å²) >= 11 is 5.75. The van der Waals surface area contributed by atoms with E-state index in [2.05, 4.69) is 9.97 Å². The van der Waals surface area contributed by atoms with Gasteiger partial charge in [-0.05, 0) is 18.5 Å².